The molecule has 220 valence electrons. The molecule has 0 aromatic heterocycles. The zero-order valence-corrected chi connectivity index (χ0v) is 23.3. The van der Waals surface area contributed by atoms with E-state index in [1.165, 1.54) is 7.11 Å². The quantitative estimate of drug-likeness (QED) is 0.170. The molecule has 0 N–H and O–H groups in total. The third kappa shape index (κ3) is 6.61. The summed E-state index contributed by atoms with van der Waals surface area (Å²) in [4.78, 5) is 26.3. The molecule has 9 heteroatoms. The van der Waals surface area contributed by atoms with Crippen LogP contribution in [-0.4, -0.2) is 56.4 Å². The van der Waals surface area contributed by atoms with Crippen molar-refractivity contribution >= 4 is 11.9 Å². The predicted molar refractivity (Wildman–Crippen MR) is 151 cm³/mol. The molecule has 0 radical (unpaired) electrons. The van der Waals surface area contributed by atoms with Crippen LogP contribution in [0, 0.1) is 0 Å². The van der Waals surface area contributed by atoms with E-state index in [1.807, 2.05) is 60.7 Å². The lowest BCUT2D eigenvalue weighted by Crippen LogP contribution is -2.61. The van der Waals surface area contributed by atoms with Crippen LogP contribution in [0.5, 0.6) is 0 Å². The van der Waals surface area contributed by atoms with Gasteiger partial charge in [0.05, 0.1) is 25.9 Å². The van der Waals surface area contributed by atoms with Gasteiger partial charge in [-0.1, -0.05) is 84.9 Å². The molecule has 0 aliphatic carbocycles. The zero-order valence-electron chi connectivity index (χ0n) is 23.3. The number of methoxy groups -OCH3 is 1. The maximum absolute atomic E-state index is 13.2. The van der Waals surface area contributed by atoms with Crippen molar-refractivity contribution in [1.82, 2.24) is 0 Å². The Labute approximate surface area is 244 Å². The van der Waals surface area contributed by atoms with E-state index in [0.29, 0.717) is 24.2 Å². The largest absolute Gasteiger partial charge is 0.467 e. The SMILES string of the molecule is C=CCCCOC1(c2ccccc2)O[C@H]2O[C@@H](C(=O)OC)[C@@H](OC(=O)c3ccccc3)[C@H](OCc3ccccc3)[C@H]2O1. The molecule has 1 unspecified atom stereocenters. The van der Waals surface area contributed by atoms with Gasteiger partial charge in [0.25, 0.3) is 0 Å². The van der Waals surface area contributed by atoms with E-state index in [0.717, 1.165) is 12.0 Å². The van der Waals surface area contributed by atoms with Crippen molar-refractivity contribution in [1.29, 1.82) is 0 Å². The molecule has 5 rings (SSSR count). The molecule has 2 aliphatic heterocycles. The predicted octanol–water partition coefficient (Wildman–Crippen LogP) is 4.90. The molecule has 2 saturated heterocycles. The summed E-state index contributed by atoms with van der Waals surface area (Å²) in [6, 6.07) is 27.1. The van der Waals surface area contributed by atoms with Crippen molar-refractivity contribution < 1.29 is 42.7 Å². The van der Waals surface area contributed by atoms with Crippen molar-refractivity contribution in [2.45, 2.75) is 56.1 Å². The summed E-state index contributed by atoms with van der Waals surface area (Å²) in [6.07, 6.45) is -2.42. The van der Waals surface area contributed by atoms with Crippen LogP contribution in [0.25, 0.3) is 0 Å². The van der Waals surface area contributed by atoms with Gasteiger partial charge in [0.2, 0.25) is 0 Å². The molecule has 2 heterocycles. The van der Waals surface area contributed by atoms with Crippen molar-refractivity contribution in [2.24, 2.45) is 0 Å². The minimum Gasteiger partial charge on any atom is -0.467 e. The molecule has 0 saturated carbocycles. The highest BCUT2D eigenvalue weighted by molar-refractivity contribution is 5.90. The van der Waals surface area contributed by atoms with E-state index < -0.39 is 48.6 Å². The van der Waals surface area contributed by atoms with E-state index in [4.69, 9.17) is 33.2 Å². The third-order valence-corrected chi connectivity index (χ3v) is 7.00. The second kappa shape index (κ2) is 13.9. The minimum atomic E-state index is -1.66. The molecule has 9 nitrogen and oxygen atoms in total. The molecular weight excluding hydrogens is 540 g/mol. The Morgan fingerprint density at radius 2 is 1.57 bits per heavy atom. The van der Waals surface area contributed by atoms with Crippen LogP contribution in [0.2, 0.25) is 0 Å². The van der Waals surface area contributed by atoms with Crippen LogP contribution in [0.4, 0.5) is 0 Å². The minimum absolute atomic E-state index is 0.143. The molecule has 6 atom stereocenters. The molecule has 0 spiro atoms. The van der Waals surface area contributed by atoms with Gasteiger partial charge in [0.15, 0.2) is 18.5 Å². The summed E-state index contributed by atoms with van der Waals surface area (Å²) in [7, 11) is 1.23. The van der Waals surface area contributed by atoms with E-state index in [-0.39, 0.29) is 6.61 Å². The lowest BCUT2D eigenvalue weighted by atomic mass is 9.98. The highest BCUT2D eigenvalue weighted by atomic mass is 16.9. The Kier molecular flexibility index (Phi) is 9.78. The monoisotopic (exact) mass is 574 g/mol. The molecule has 3 aromatic rings. The van der Waals surface area contributed by atoms with Crippen LogP contribution in [0.3, 0.4) is 0 Å². The second-order valence-electron chi connectivity index (χ2n) is 9.85. The molecular formula is C33H34O9. The number of ether oxygens (including phenoxy) is 7. The van der Waals surface area contributed by atoms with Gasteiger partial charge in [-0.3, -0.25) is 4.74 Å². The summed E-state index contributed by atoms with van der Waals surface area (Å²) in [5.41, 5.74) is 1.77. The number of rotatable bonds is 12. The summed E-state index contributed by atoms with van der Waals surface area (Å²) >= 11 is 0. The van der Waals surface area contributed by atoms with Crippen LogP contribution in [0.1, 0.15) is 34.3 Å². The summed E-state index contributed by atoms with van der Waals surface area (Å²) in [6.45, 7) is 4.20. The second-order valence-corrected chi connectivity index (χ2v) is 9.85. The van der Waals surface area contributed by atoms with Gasteiger partial charge >= 0.3 is 17.9 Å². The van der Waals surface area contributed by atoms with Crippen LogP contribution in [0.15, 0.2) is 104 Å². The number of carbonyl (C=O) groups is 2. The van der Waals surface area contributed by atoms with Gasteiger partial charge in [-0.05, 0) is 30.5 Å². The number of unbranched alkanes of at least 4 members (excludes halogenated alkanes) is 1. The van der Waals surface area contributed by atoms with Gasteiger partial charge in [0, 0.05) is 5.56 Å². The maximum atomic E-state index is 13.2. The number of hydrogen-bond donors (Lipinski definition) is 0. The summed E-state index contributed by atoms with van der Waals surface area (Å²) in [5.74, 6) is -3.07. The number of fused-ring (bicyclic) bond motifs is 1. The van der Waals surface area contributed by atoms with Gasteiger partial charge < -0.3 is 28.4 Å². The highest BCUT2D eigenvalue weighted by Gasteiger charge is 2.62. The Bertz CT molecular complexity index is 1320. The van der Waals surface area contributed by atoms with Crippen molar-refractivity contribution in [3.63, 3.8) is 0 Å². The van der Waals surface area contributed by atoms with E-state index in [1.54, 1.807) is 36.4 Å². The van der Waals surface area contributed by atoms with Crippen LogP contribution < -0.4 is 0 Å². The highest BCUT2D eigenvalue weighted by Crippen LogP contribution is 2.45. The fourth-order valence-corrected chi connectivity index (χ4v) is 4.91. The van der Waals surface area contributed by atoms with Crippen LogP contribution in [-0.2, 0) is 50.5 Å². The topological polar surface area (TPSA) is 98.8 Å². The maximum Gasteiger partial charge on any atom is 0.339 e. The Morgan fingerprint density at radius 1 is 0.905 bits per heavy atom. The lowest BCUT2D eigenvalue weighted by molar-refractivity contribution is -0.366. The number of allylic oxidation sites excluding steroid dienone is 1. The first kappa shape index (κ1) is 29.6. The molecule has 2 fully saturated rings. The first-order valence-electron chi connectivity index (χ1n) is 13.9. The smallest absolute Gasteiger partial charge is 0.339 e. The van der Waals surface area contributed by atoms with Crippen molar-refractivity contribution in [3.8, 4) is 0 Å². The average molecular weight is 575 g/mol. The molecule has 0 amide bonds. The van der Waals surface area contributed by atoms with E-state index in [9.17, 15) is 9.59 Å². The average Bonchev–Trinajstić information content (AvgIpc) is 3.42. The van der Waals surface area contributed by atoms with Crippen molar-refractivity contribution in [3.05, 3.63) is 120 Å². The Morgan fingerprint density at radius 3 is 2.24 bits per heavy atom. The van der Waals surface area contributed by atoms with Gasteiger partial charge in [-0.2, -0.15) is 0 Å². The Hall–Kier alpha value is -3.86. The van der Waals surface area contributed by atoms with Crippen LogP contribution >= 0.6 is 0 Å². The number of benzene rings is 3. The standard InChI is InChI=1S/C33H34O9/c1-3-4-14-21-38-33(25-19-12-7-13-20-25)41-29-26(37-22-23-15-8-5-9-16-23)27(28(31(35)36-2)40-32(29)42-33)39-30(34)24-17-10-6-11-18-24/h3,5-13,15-20,26-29,32H,1,4,14,21-22H2,2H3/t26-,27-,28+,29+,32+,33?/m0/s1. The first-order valence-corrected chi connectivity index (χ1v) is 13.9. The number of hydrogen-bond acceptors (Lipinski definition) is 9. The third-order valence-electron chi connectivity index (χ3n) is 7.00. The normalized spacial score (nSPS) is 26.6. The number of carbonyl (C=O) groups excluding carboxylic acids is 2. The lowest BCUT2D eigenvalue weighted by Gasteiger charge is -2.40. The zero-order chi connectivity index (χ0) is 29.4. The van der Waals surface area contributed by atoms with Gasteiger partial charge in [0.1, 0.15) is 12.2 Å². The number of esters is 2. The fraction of sp³-hybridized carbons (Fsp3) is 0.333. The van der Waals surface area contributed by atoms with Gasteiger partial charge in [-0.15, -0.1) is 6.58 Å². The van der Waals surface area contributed by atoms with E-state index in [2.05, 4.69) is 6.58 Å². The fourth-order valence-electron chi connectivity index (χ4n) is 4.91. The molecule has 2 aliphatic rings. The summed E-state index contributed by atoms with van der Waals surface area (Å²) < 4.78 is 42.6. The van der Waals surface area contributed by atoms with Gasteiger partial charge in [-0.25, -0.2) is 9.59 Å². The molecule has 42 heavy (non-hydrogen) atoms. The first-order chi connectivity index (χ1) is 20.5. The molecule has 3 aromatic carbocycles. The summed E-state index contributed by atoms with van der Waals surface area (Å²) in [5, 5.41) is 0. The molecule has 0 bridgehead atoms. The van der Waals surface area contributed by atoms with Crippen molar-refractivity contribution in [2.75, 3.05) is 13.7 Å². The van der Waals surface area contributed by atoms with E-state index >= 15 is 0 Å². The Balaban J connectivity index is 1.50.